The Kier molecular flexibility index (Phi) is 2.80. The number of hydrogen-bond acceptors (Lipinski definition) is 3. The largest absolute Gasteiger partial charge is 0.508 e. The molecule has 2 heterocycles. The lowest BCUT2D eigenvalue weighted by atomic mass is 10.1. The molecule has 17 heavy (non-hydrogen) atoms. The first-order chi connectivity index (χ1) is 8.25. The number of nitrogens with zero attached hydrogens (tertiary/aromatic N) is 2. The van der Waals surface area contributed by atoms with Crippen LogP contribution < -0.4 is 5.32 Å². The second-order valence-electron chi connectivity index (χ2n) is 4.41. The highest BCUT2D eigenvalue weighted by atomic mass is 79.9. The van der Waals surface area contributed by atoms with E-state index in [4.69, 9.17) is 0 Å². The molecule has 4 nitrogen and oxygen atoms in total. The van der Waals surface area contributed by atoms with Crippen molar-refractivity contribution in [3.05, 3.63) is 22.9 Å². The van der Waals surface area contributed by atoms with Crippen LogP contribution in [0.3, 0.4) is 0 Å². The SMILES string of the molecule is Oc1ccc2nc(Br)n(C3CCNCC3)c2c1. The zero-order chi connectivity index (χ0) is 11.8. The van der Waals surface area contributed by atoms with Crippen LogP contribution in [0.1, 0.15) is 18.9 Å². The van der Waals surface area contributed by atoms with Gasteiger partial charge in [-0.25, -0.2) is 4.98 Å². The minimum atomic E-state index is 0.292. The van der Waals surface area contributed by atoms with E-state index in [1.807, 2.05) is 6.07 Å². The molecule has 0 spiro atoms. The van der Waals surface area contributed by atoms with E-state index >= 15 is 0 Å². The van der Waals surface area contributed by atoms with E-state index in [9.17, 15) is 5.11 Å². The molecule has 0 aliphatic carbocycles. The number of hydrogen-bond donors (Lipinski definition) is 2. The highest BCUT2D eigenvalue weighted by Gasteiger charge is 2.20. The van der Waals surface area contributed by atoms with Crippen LogP contribution in [0.25, 0.3) is 11.0 Å². The van der Waals surface area contributed by atoms with Gasteiger partial charge in [-0.05, 0) is 54.0 Å². The molecular weight excluding hydrogens is 282 g/mol. The summed E-state index contributed by atoms with van der Waals surface area (Å²) in [4.78, 5) is 4.48. The number of piperidine rings is 1. The summed E-state index contributed by atoms with van der Waals surface area (Å²) in [7, 11) is 0. The molecule has 1 aromatic heterocycles. The standard InChI is InChI=1S/C12H14BrN3O/c13-12-15-10-2-1-9(17)7-11(10)16(12)8-3-5-14-6-4-8/h1-2,7-8,14,17H,3-6H2. The average molecular weight is 296 g/mol. The van der Waals surface area contributed by atoms with Crippen molar-refractivity contribution in [2.24, 2.45) is 0 Å². The molecule has 2 N–H and O–H groups in total. The number of phenols is 1. The second kappa shape index (κ2) is 4.31. The number of rotatable bonds is 1. The van der Waals surface area contributed by atoms with Gasteiger partial charge in [0.25, 0.3) is 0 Å². The van der Waals surface area contributed by atoms with E-state index in [0.29, 0.717) is 11.8 Å². The fourth-order valence-corrected chi connectivity index (χ4v) is 3.14. The molecule has 1 aliphatic rings. The molecule has 1 saturated heterocycles. The zero-order valence-corrected chi connectivity index (χ0v) is 10.9. The van der Waals surface area contributed by atoms with Gasteiger partial charge in [-0.2, -0.15) is 0 Å². The van der Waals surface area contributed by atoms with Gasteiger partial charge in [-0.1, -0.05) is 0 Å². The number of nitrogens with one attached hydrogen (secondary N) is 1. The third-order valence-electron chi connectivity index (χ3n) is 3.30. The average Bonchev–Trinajstić information content (AvgIpc) is 2.65. The van der Waals surface area contributed by atoms with Gasteiger partial charge in [0, 0.05) is 12.1 Å². The first kappa shape index (κ1) is 11.0. The molecule has 5 heteroatoms. The number of aromatic hydroxyl groups is 1. The summed E-state index contributed by atoms with van der Waals surface area (Å²) in [5, 5.41) is 13.0. The maximum atomic E-state index is 9.59. The van der Waals surface area contributed by atoms with Gasteiger partial charge in [0.05, 0.1) is 11.0 Å². The molecule has 1 aromatic carbocycles. The quantitative estimate of drug-likeness (QED) is 0.850. The van der Waals surface area contributed by atoms with Crippen LogP contribution in [0.4, 0.5) is 0 Å². The first-order valence-electron chi connectivity index (χ1n) is 5.83. The molecule has 0 atom stereocenters. The van der Waals surface area contributed by atoms with Gasteiger partial charge < -0.3 is 15.0 Å². The summed E-state index contributed by atoms with van der Waals surface area (Å²) in [6.07, 6.45) is 2.19. The highest BCUT2D eigenvalue weighted by molar-refractivity contribution is 9.10. The van der Waals surface area contributed by atoms with Crippen molar-refractivity contribution >= 4 is 27.0 Å². The fourth-order valence-electron chi connectivity index (χ4n) is 2.46. The Balaban J connectivity index is 2.13. The molecule has 0 unspecified atom stereocenters. The Bertz CT molecular complexity index is 546. The summed E-state index contributed by atoms with van der Waals surface area (Å²) < 4.78 is 3.04. The lowest BCUT2D eigenvalue weighted by Crippen LogP contribution is -2.29. The van der Waals surface area contributed by atoms with Crippen molar-refractivity contribution in [2.75, 3.05) is 13.1 Å². The number of imidazole rings is 1. The topological polar surface area (TPSA) is 50.1 Å². The number of benzene rings is 1. The number of halogens is 1. The summed E-state index contributed by atoms with van der Waals surface area (Å²) in [6, 6.07) is 5.77. The Hall–Kier alpha value is -1.07. The first-order valence-corrected chi connectivity index (χ1v) is 6.62. The van der Waals surface area contributed by atoms with Gasteiger partial charge in [-0.3, -0.25) is 0 Å². The van der Waals surface area contributed by atoms with Crippen LogP contribution in [0.15, 0.2) is 22.9 Å². The van der Waals surface area contributed by atoms with Gasteiger partial charge >= 0.3 is 0 Å². The monoisotopic (exact) mass is 295 g/mol. The maximum absolute atomic E-state index is 9.59. The lowest BCUT2D eigenvalue weighted by molar-refractivity contribution is 0.370. The van der Waals surface area contributed by atoms with E-state index in [-0.39, 0.29) is 0 Å². The van der Waals surface area contributed by atoms with Gasteiger partial charge in [0.15, 0.2) is 4.73 Å². The molecule has 3 rings (SSSR count). The number of fused-ring (bicyclic) bond motifs is 1. The van der Waals surface area contributed by atoms with Crippen molar-refractivity contribution in [3.8, 4) is 5.75 Å². The predicted molar refractivity (Wildman–Crippen MR) is 70.2 cm³/mol. The number of aromatic nitrogens is 2. The van der Waals surface area contributed by atoms with Crippen molar-refractivity contribution in [2.45, 2.75) is 18.9 Å². The van der Waals surface area contributed by atoms with Crippen LogP contribution >= 0.6 is 15.9 Å². The normalized spacial score (nSPS) is 17.7. The highest BCUT2D eigenvalue weighted by Crippen LogP contribution is 2.30. The van der Waals surface area contributed by atoms with Crippen LogP contribution in [0.5, 0.6) is 5.75 Å². The molecule has 0 amide bonds. The summed E-state index contributed by atoms with van der Waals surface area (Å²) >= 11 is 3.52. The van der Waals surface area contributed by atoms with Crippen LogP contribution in [0.2, 0.25) is 0 Å². The number of phenolic OH excluding ortho intramolecular Hbond substituents is 1. The Morgan fingerprint density at radius 1 is 1.35 bits per heavy atom. The molecule has 2 aromatic rings. The van der Waals surface area contributed by atoms with Crippen molar-refractivity contribution in [1.82, 2.24) is 14.9 Å². The van der Waals surface area contributed by atoms with E-state index in [2.05, 4.69) is 30.8 Å². The summed E-state index contributed by atoms with van der Waals surface area (Å²) in [5.41, 5.74) is 1.93. The zero-order valence-electron chi connectivity index (χ0n) is 9.36. The lowest BCUT2D eigenvalue weighted by Gasteiger charge is -2.25. The van der Waals surface area contributed by atoms with Crippen molar-refractivity contribution < 1.29 is 5.11 Å². The minimum absolute atomic E-state index is 0.292. The van der Waals surface area contributed by atoms with Crippen molar-refractivity contribution in [1.29, 1.82) is 0 Å². The second-order valence-corrected chi connectivity index (χ2v) is 5.11. The molecule has 1 fully saturated rings. The molecule has 0 bridgehead atoms. The van der Waals surface area contributed by atoms with E-state index in [0.717, 1.165) is 41.7 Å². The summed E-state index contributed by atoms with van der Waals surface area (Å²) in [6.45, 7) is 2.07. The van der Waals surface area contributed by atoms with E-state index in [1.165, 1.54) is 0 Å². The Morgan fingerprint density at radius 2 is 2.12 bits per heavy atom. The van der Waals surface area contributed by atoms with Crippen LogP contribution in [-0.4, -0.2) is 27.7 Å². The predicted octanol–water partition coefficient (Wildman–Crippen LogP) is 2.43. The van der Waals surface area contributed by atoms with Gasteiger partial charge in [0.1, 0.15) is 5.75 Å². The molecule has 0 saturated carbocycles. The minimum Gasteiger partial charge on any atom is -0.508 e. The van der Waals surface area contributed by atoms with Crippen molar-refractivity contribution in [3.63, 3.8) is 0 Å². The molecular formula is C12H14BrN3O. The third-order valence-corrected chi connectivity index (χ3v) is 3.86. The van der Waals surface area contributed by atoms with E-state index < -0.39 is 0 Å². The third kappa shape index (κ3) is 1.93. The van der Waals surface area contributed by atoms with Gasteiger partial charge in [0.2, 0.25) is 0 Å². The van der Waals surface area contributed by atoms with Crippen LogP contribution in [0, 0.1) is 0 Å². The van der Waals surface area contributed by atoms with E-state index in [1.54, 1.807) is 12.1 Å². The fraction of sp³-hybridized carbons (Fsp3) is 0.417. The molecule has 0 radical (unpaired) electrons. The van der Waals surface area contributed by atoms with Gasteiger partial charge in [-0.15, -0.1) is 0 Å². The van der Waals surface area contributed by atoms with Crippen LogP contribution in [-0.2, 0) is 0 Å². The maximum Gasteiger partial charge on any atom is 0.178 e. The smallest absolute Gasteiger partial charge is 0.178 e. The molecule has 90 valence electrons. The Labute approximate surface area is 108 Å². The summed E-state index contributed by atoms with van der Waals surface area (Å²) in [5.74, 6) is 0.292. The molecule has 1 aliphatic heterocycles. The Morgan fingerprint density at radius 3 is 2.88 bits per heavy atom.